The molecule has 0 aliphatic heterocycles. The number of aldehydes is 1. The zero-order valence-corrected chi connectivity index (χ0v) is 19.0. The summed E-state index contributed by atoms with van der Waals surface area (Å²) < 4.78 is 6.18. The summed E-state index contributed by atoms with van der Waals surface area (Å²) in [6.07, 6.45) is 2.41. The Bertz CT molecular complexity index is 1450. The molecule has 0 bridgehead atoms. The maximum Gasteiger partial charge on any atom is 0.153 e. The molecule has 4 nitrogen and oxygen atoms in total. The van der Waals surface area contributed by atoms with Crippen molar-refractivity contribution in [3.8, 4) is 44.9 Å². The van der Waals surface area contributed by atoms with E-state index in [-0.39, 0.29) is 17.9 Å². The Labute approximate surface area is 204 Å². The van der Waals surface area contributed by atoms with Gasteiger partial charge in [-0.1, -0.05) is 72.8 Å². The maximum atomic E-state index is 11.9. The number of carbonyl (C=O) groups excluding carboxylic acids is 1. The van der Waals surface area contributed by atoms with E-state index in [0.717, 1.165) is 27.9 Å². The van der Waals surface area contributed by atoms with Crippen molar-refractivity contribution in [1.29, 1.82) is 0 Å². The summed E-state index contributed by atoms with van der Waals surface area (Å²) in [6, 6.07) is 34.9. The van der Waals surface area contributed by atoms with E-state index in [0.29, 0.717) is 23.2 Å². The van der Waals surface area contributed by atoms with Crippen LogP contribution in [0, 0.1) is 0 Å². The lowest BCUT2D eigenvalue weighted by atomic mass is 9.92. The molecule has 0 aliphatic carbocycles. The Kier molecular flexibility index (Phi) is 6.35. The molecule has 4 aromatic carbocycles. The van der Waals surface area contributed by atoms with Crippen LogP contribution in [0.15, 0.2) is 115 Å². The van der Waals surface area contributed by atoms with Crippen LogP contribution in [0.1, 0.15) is 16.1 Å². The van der Waals surface area contributed by atoms with Crippen LogP contribution < -0.4 is 4.74 Å². The van der Waals surface area contributed by atoms with E-state index in [1.165, 1.54) is 0 Å². The van der Waals surface area contributed by atoms with Crippen LogP contribution >= 0.6 is 0 Å². The van der Waals surface area contributed by atoms with Gasteiger partial charge in [-0.2, -0.15) is 0 Å². The molecule has 170 valence electrons. The number of benzene rings is 4. The second-order valence-corrected chi connectivity index (χ2v) is 8.13. The Morgan fingerprint density at radius 1 is 0.686 bits per heavy atom. The fraction of sp³-hybridized carbons (Fsp3) is 0.0323. The van der Waals surface area contributed by atoms with Crippen molar-refractivity contribution in [2.75, 3.05) is 0 Å². The Balaban J connectivity index is 1.66. The first-order valence-corrected chi connectivity index (χ1v) is 11.3. The topological polar surface area (TPSA) is 59.4 Å². The van der Waals surface area contributed by atoms with Gasteiger partial charge >= 0.3 is 0 Å². The van der Waals surface area contributed by atoms with Crippen LogP contribution in [0.3, 0.4) is 0 Å². The number of phenols is 1. The summed E-state index contributed by atoms with van der Waals surface area (Å²) in [5.74, 6) is 0.514. The standard InChI is InChI=1S/C31H23NO3/c33-20-26-17-25(23-11-5-2-6-12-23)19-29(31(26)34)28-18-24(22-9-3-1-4-10-22)14-15-30(28)35-21-27-13-7-8-16-32-27/h1-20,34H,21H2. The normalized spacial score (nSPS) is 10.6. The van der Waals surface area contributed by atoms with Crippen LogP contribution in [-0.4, -0.2) is 16.4 Å². The number of aromatic nitrogens is 1. The molecule has 0 fully saturated rings. The number of ether oxygens (including phenoxy) is 1. The number of aromatic hydroxyl groups is 1. The van der Waals surface area contributed by atoms with Crippen LogP contribution in [-0.2, 0) is 6.61 Å². The maximum absolute atomic E-state index is 11.9. The number of rotatable bonds is 7. The van der Waals surface area contributed by atoms with Crippen molar-refractivity contribution >= 4 is 6.29 Å². The lowest BCUT2D eigenvalue weighted by Gasteiger charge is -2.17. The first-order valence-electron chi connectivity index (χ1n) is 11.3. The minimum absolute atomic E-state index is 0.0763. The van der Waals surface area contributed by atoms with Gasteiger partial charge in [-0.05, 0) is 58.7 Å². The van der Waals surface area contributed by atoms with Gasteiger partial charge in [0.1, 0.15) is 18.1 Å². The number of carbonyl (C=O) groups is 1. The predicted molar refractivity (Wildman–Crippen MR) is 138 cm³/mol. The Morgan fingerprint density at radius 3 is 2.00 bits per heavy atom. The molecule has 0 saturated heterocycles. The lowest BCUT2D eigenvalue weighted by molar-refractivity contribution is 0.112. The highest BCUT2D eigenvalue weighted by Crippen LogP contribution is 2.42. The second-order valence-electron chi connectivity index (χ2n) is 8.13. The molecule has 0 atom stereocenters. The summed E-state index contributed by atoms with van der Waals surface area (Å²) in [4.78, 5) is 16.2. The molecular weight excluding hydrogens is 434 g/mol. The molecule has 1 aromatic heterocycles. The van der Waals surface area contributed by atoms with Crippen molar-refractivity contribution in [2.24, 2.45) is 0 Å². The molecule has 1 heterocycles. The predicted octanol–water partition coefficient (Wildman–Crippen LogP) is 7.18. The van der Waals surface area contributed by atoms with Gasteiger partial charge in [0.05, 0.1) is 11.3 Å². The zero-order chi connectivity index (χ0) is 24.0. The molecule has 0 amide bonds. The van der Waals surface area contributed by atoms with Crippen molar-refractivity contribution in [3.63, 3.8) is 0 Å². The van der Waals surface area contributed by atoms with Gasteiger partial charge in [-0.25, -0.2) is 0 Å². The van der Waals surface area contributed by atoms with Crippen molar-refractivity contribution in [1.82, 2.24) is 4.98 Å². The van der Waals surface area contributed by atoms with E-state index in [4.69, 9.17) is 4.74 Å². The van der Waals surface area contributed by atoms with Gasteiger partial charge in [-0.3, -0.25) is 9.78 Å². The summed E-state index contributed by atoms with van der Waals surface area (Å²) in [7, 11) is 0. The third-order valence-electron chi connectivity index (χ3n) is 5.85. The summed E-state index contributed by atoms with van der Waals surface area (Å²) in [5.41, 5.74) is 6.04. The van der Waals surface area contributed by atoms with Gasteiger partial charge in [0, 0.05) is 17.3 Å². The van der Waals surface area contributed by atoms with E-state index in [1.807, 2.05) is 103 Å². The minimum atomic E-state index is -0.0763. The highest BCUT2D eigenvalue weighted by Gasteiger charge is 2.17. The number of pyridine rings is 1. The zero-order valence-electron chi connectivity index (χ0n) is 19.0. The molecule has 1 N–H and O–H groups in total. The average molecular weight is 458 g/mol. The van der Waals surface area contributed by atoms with Gasteiger partial charge in [0.25, 0.3) is 0 Å². The fourth-order valence-corrected chi connectivity index (χ4v) is 4.06. The van der Waals surface area contributed by atoms with Gasteiger partial charge in [0.15, 0.2) is 6.29 Å². The van der Waals surface area contributed by atoms with E-state index < -0.39 is 0 Å². The van der Waals surface area contributed by atoms with Crippen molar-refractivity contribution in [3.05, 3.63) is 127 Å². The molecule has 4 heteroatoms. The lowest BCUT2D eigenvalue weighted by Crippen LogP contribution is -2.00. The van der Waals surface area contributed by atoms with Crippen molar-refractivity contribution in [2.45, 2.75) is 6.61 Å². The molecule has 5 rings (SSSR count). The molecule has 0 saturated carbocycles. The molecule has 0 radical (unpaired) electrons. The largest absolute Gasteiger partial charge is 0.507 e. The molecular formula is C31H23NO3. The van der Waals surface area contributed by atoms with Gasteiger partial charge in [-0.15, -0.1) is 0 Å². The highest BCUT2D eigenvalue weighted by molar-refractivity contribution is 5.92. The fourth-order valence-electron chi connectivity index (χ4n) is 4.06. The van der Waals surface area contributed by atoms with E-state index in [9.17, 15) is 9.90 Å². The van der Waals surface area contributed by atoms with E-state index in [1.54, 1.807) is 12.3 Å². The molecule has 0 aliphatic rings. The van der Waals surface area contributed by atoms with Crippen molar-refractivity contribution < 1.29 is 14.6 Å². The van der Waals surface area contributed by atoms with Gasteiger partial charge < -0.3 is 9.84 Å². The Hall–Kier alpha value is -4.70. The first kappa shape index (κ1) is 22.1. The molecule has 0 unspecified atom stereocenters. The molecule has 0 spiro atoms. The van der Waals surface area contributed by atoms with Crippen LogP contribution in [0.2, 0.25) is 0 Å². The van der Waals surface area contributed by atoms with Crippen LogP contribution in [0.4, 0.5) is 0 Å². The summed E-state index contributed by atoms with van der Waals surface area (Å²) >= 11 is 0. The smallest absolute Gasteiger partial charge is 0.153 e. The third-order valence-corrected chi connectivity index (χ3v) is 5.85. The number of hydrogen-bond acceptors (Lipinski definition) is 4. The number of nitrogens with zero attached hydrogens (tertiary/aromatic N) is 1. The third kappa shape index (κ3) is 4.82. The monoisotopic (exact) mass is 457 g/mol. The van der Waals surface area contributed by atoms with E-state index >= 15 is 0 Å². The van der Waals surface area contributed by atoms with Crippen LogP contribution in [0.5, 0.6) is 11.5 Å². The average Bonchev–Trinajstić information content (AvgIpc) is 2.93. The number of phenolic OH excluding ortho intramolecular Hbond substituents is 1. The SMILES string of the molecule is O=Cc1cc(-c2ccccc2)cc(-c2cc(-c3ccccc3)ccc2OCc2ccccn2)c1O. The van der Waals surface area contributed by atoms with Crippen LogP contribution in [0.25, 0.3) is 33.4 Å². The summed E-state index contributed by atoms with van der Waals surface area (Å²) in [6.45, 7) is 0.276. The molecule has 5 aromatic rings. The molecule has 35 heavy (non-hydrogen) atoms. The van der Waals surface area contributed by atoms with Gasteiger partial charge in [0.2, 0.25) is 0 Å². The quantitative estimate of drug-likeness (QED) is 0.263. The summed E-state index contributed by atoms with van der Waals surface area (Å²) in [5, 5.41) is 11.1. The second kappa shape index (κ2) is 10.1. The Morgan fingerprint density at radius 2 is 1.34 bits per heavy atom. The van der Waals surface area contributed by atoms with E-state index in [2.05, 4.69) is 4.98 Å². The highest BCUT2D eigenvalue weighted by atomic mass is 16.5. The number of hydrogen-bond donors (Lipinski definition) is 1. The minimum Gasteiger partial charge on any atom is -0.507 e. The first-order chi connectivity index (χ1) is 17.2.